The van der Waals surface area contributed by atoms with Gasteiger partial charge in [-0.05, 0) is 80.0 Å². The number of hydrogen-bond acceptors (Lipinski definition) is 7. The molecule has 202 valence electrons. The van der Waals surface area contributed by atoms with E-state index in [9.17, 15) is 19.2 Å². The molecule has 4 rings (SSSR count). The quantitative estimate of drug-likeness (QED) is 0.375. The lowest BCUT2D eigenvalue weighted by Crippen LogP contribution is -2.62. The number of ether oxygens (including phenoxy) is 3. The lowest BCUT2D eigenvalue weighted by Gasteiger charge is -2.62. The Bertz CT molecular complexity index is 898. The van der Waals surface area contributed by atoms with E-state index in [1.807, 2.05) is 0 Å². The monoisotopic (exact) mass is 504 g/mol. The highest BCUT2D eigenvalue weighted by Gasteiger charge is 2.67. The maximum absolute atomic E-state index is 13.8. The van der Waals surface area contributed by atoms with Crippen molar-refractivity contribution in [1.82, 2.24) is 0 Å². The van der Waals surface area contributed by atoms with Gasteiger partial charge in [0.1, 0.15) is 18.0 Å². The van der Waals surface area contributed by atoms with Crippen LogP contribution in [0.5, 0.6) is 0 Å². The molecule has 4 aliphatic carbocycles. The van der Waals surface area contributed by atoms with Crippen molar-refractivity contribution in [3.63, 3.8) is 0 Å². The highest BCUT2D eigenvalue weighted by molar-refractivity contribution is 5.83. The summed E-state index contributed by atoms with van der Waals surface area (Å²) in [5.74, 6) is 0.633. The third-order valence-corrected chi connectivity index (χ3v) is 10.9. The van der Waals surface area contributed by atoms with Crippen molar-refractivity contribution in [3.8, 4) is 0 Å². The van der Waals surface area contributed by atoms with E-state index in [0.29, 0.717) is 25.0 Å². The molecule has 7 nitrogen and oxygen atoms in total. The molecule has 0 bridgehead atoms. The summed E-state index contributed by atoms with van der Waals surface area (Å²) in [6.07, 6.45) is 6.38. The summed E-state index contributed by atoms with van der Waals surface area (Å²) in [6, 6.07) is 0. The van der Waals surface area contributed by atoms with E-state index in [1.165, 1.54) is 21.0 Å². The first-order valence-electron chi connectivity index (χ1n) is 13.9. The predicted molar refractivity (Wildman–Crippen MR) is 133 cm³/mol. The Morgan fingerprint density at radius 3 is 2.33 bits per heavy atom. The van der Waals surface area contributed by atoms with Gasteiger partial charge in [-0.15, -0.1) is 0 Å². The van der Waals surface area contributed by atoms with Crippen molar-refractivity contribution < 1.29 is 33.4 Å². The molecule has 4 aliphatic rings. The summed E-state index contributed by atoms with van der Waals surface area (Å²) in [5.41, 5.74) is -0.334. The molecule has 0 amide bonds. The van der Waals surface area contributed by atoms with Gasteiger partial charge in [0.25, 0.3) is 0 Å². The summed E-state index contributed by atoms with van der Waals surface area (Å²) >= 11 is 0. The van der Waals surface area contributed by atoms with Gasteiger partial charge in [0.05, 0.1) is 7.11 Å². The summed E-state index contributed by atoms with van der Waals surface area (Å²) < 4.78 is 16.5. The van der Waals surface area contributed by atoms with E-state index in [1.54, 1.807) is 0 Å². The van der Waals surface area contributed by atoms with Gasteiger partial charge in [-0.3, -0.25) is 19.2 Å². The largest absolute Gasteiger partial charge is 0.469 e. The zero-order chi connectivity index (χ0) is 26.4. The Balaban J connectivity index is 1.63. The number of Topliss-reactive ketones (excluding diaryl/α,β-unsaturated/α-hetero) is 1. The van der Waals surface area contributed by atoms with E-state index in [2.05, 4.69) is 20.8 Å². The van der Waals surface area contributed by atoms with Gasteiger partial charge in [-0.1, -0.05) is 20.8 Å². The molecule has 7 heteroatoms. The molecule has 0 radical (unpaired) electrons. The highest BCUT2D eigenvalue weighted by Crippen LogP contribution is 2.68. The maximum Gasteiger partial charge on any atom is 0.305 e. The molecule has 0 saturated heterocycles. The van der Waals surface area contributed by atoms with Crippen LogP contribution in [0.4, 0.5) is 0 Å². The normalized spacial score (nSPS) is 42.4. The minimum Gasteiger partial charge on any atom is -0.469 e. The SMILES string of the molecule is COC(=O)CC[C@@H](C)[C@H]1CC[C@H]2[C@@H]3C(=O)C[C@H]4C[C@H](OC(C)=O)CC[C@]4(C)[C@H]3C[C@H](OC(C)=O)[C@]12C. The van der Waals surface area contributed by atoms with Crippen LogP contribution >= 0.6 is 0 Å². The Kier molecular flexibility index (Phi) is 7.60. The van der Waals surface area contributed by atoms with Crippen LogP contribution in [-0.4, -0.2) is 43.0 Å². The van der Waals surface area contributed by atoms with Crippen LogP contribution < -0.4 is 0 Å². The van der Waals surface area contributed by atoms with Gasteiger partial charge in [0.15, 0.2) is 0 Å². The number of rotatable bonds is 6. The number of hydrogen-bond donors (Lipinski definition) is 0. The van der Waals surface area contributed by atoms with Crippen molar-refractivity contribution >= 4 is 23.7 Å². The summed E-state index contributed by atoms with van der Waals surface area (Å²) in [5, 5.41) is 0. The molecule has 0 N–H and O–H groups in total. The molecule has 36 heavy (non-hydrogen) atoms. The van der Waals surface area contributed by atoms with Gasteiger partial charge in [0.2, 0.25) is 0 Å². The lowest BCUT2D eigenvalue weighted by molar-refractivity contribution is -0.197. The second-order valence-corrected chi connectivity index (χ2v) is 12.6. The molecule has 4 saturated carbocycles. The Labute approximate surface area is 215 Å². The topological polar surface area (TPSA) is 96.0 Å². The maximum atomic E-state index is 13.8. The molecule has 0 aromatic rings. The minimum absolute atomic E-state index is 0.0221. The van der Waals surface area contributed by atoms with Crippen molar-refractivity contribution in [2.75, 3.05) is 7.11 Å². The van der Waals surface area contributed by atoms with E-state index in [-0.39, 0.29) is 76.5 Å². The zero-order valence-electron chi connectivity index (χ0n) is 22.8. The van der Waals surface area contributed by atoms with Crippen molar-refractivity contribution in [2.45, 2.75) is 105 Å². The number of ketones is 1. The van der Waals surface area contributed by atoms with Gasteiger partial charge in [0, 0.05) is 38.0 Å². The number of methoxy groups -OCH3 is 1. The van der Waals surface area contributed by atoms with Gasteiger partial charge >= 0.3 is 17.9 Å². The number of carbonyl (C=O) groups excluding carboxylic acids is 4. The van der Waals surface area contributed by atoms with Crippen LogP contribution in [0.1, 0.15) is 92.4 Å². The van der Waals surface area contributed by atoms with Gasteiger partial charge in [-0.2, -0.15) is 0 Å². The fraction of sp³-hybridized carbons (Fsp3) is 0.862. The standard InChI is InChI=1S/C29H44O7/c1-16(7-10-26(33)34-6)21-8-9-22-27-23(15-25(29(21,22)5)36-18(3)31)28(4)12-11-20(35-17(2)30)13-19(28)14-24(27)32/h16,19-23,25,27H,7-15H2,1-6H3/t16-,19-,20-,21-,22+,23+,25+,27+,28+,29-/m1/s1. The molecule has 0 aliphatic heterocycles. The first-order chi connectivity index (χ1) is 16.9. The summed E-state index contributed by atoms with van der Waals surface area (Å²) in [4.78, 5) is 49.5. The third kappa shape index (κ3) is 4.60. The van der Waals surface area contributed by atoms with Crippen molar-refractivity contribution in [3.05, 3.63) is 0 Å². The van der Waals surface area contributed by atoms with E-state index in [4.69, 9.17) is 14.2 Å². The molecular formula is C29H44O7. The van der Waals surface area contributed by atoms with Crippen molar-refractivity contribution in [2.24, 2.45) is 46.3 Å². The molecule has 0 unspecified atom stereocenters. The van der Waals surface area contributed by atoms with Crippen LogP contribution in [0.3, 0.4) is 0 Å². The Morgan fingerprint density at radius 1 is 1.00 bits per heavy atom. The molecule has 10 atom stereocenters. The average Bonchev–Trinajstić information content (AvgIpc) is 3.16. The fourth-order valence-electron chi connectivity index (χ4n) is 9.17. The molecular weight excluding hydrogens is 460 g/mol. The average molecular weight is 505 g/mol. The zero-order valence-corrected chi connectivity index (χ0v) is 22.8. The molecule has 0 aromatic heterocycles. The smallest absolute Gasteiger partial charge is 0.305 e. The van der Waals surface area contributed by atoms with Crippen LogP contribution in [0, 0.1) is 46.3 Å². The first kappa shape index (κ1) is 27.1. The predicted octanol–water partition coefficient (Wildman–Crippen LogP) is 4.89. The minimum atomic E-state index is -0.295. The fourth-order valence-corrected chi connectivity index (χ4v) is 9.17. The number of carbonyl (C=O) groups is 4. The summed E-state index contributed by atoms with van der Waals surface area (Å²) in [7, 11) is 1.42. The van der Waals surface area contributed by atoms with E-state index >= 15 is 0 Å². The van der Waals surface area contributed by atoms with Gasteiger partial charge < -0.3 is 14.2 Å². The van der Waals surface area contributed by atoms with Crippen LogP contribution in [0.15, 0.2) is 0 Å². The van der Waals surface area contributed by atoms with Crippen molar-refractivity contribution in [1.29, 1.82) is 0 Å². The van der Waals surface area contributed by atoms with Crippen LogP contribution in [0.2, 0.25) is 0 Å². The Hall–Kier alpha value is -1.92. The van der Waals surface area contributed by atoms with E-state index < -0.39 is 0 Å². The molecule has 0 spiro atoms. The third-order valence-electron chi connectivity index (χ3n) is 10.9. The Morgan fingerprint density at radius 2 is 1.69 bits per heavy atom. The molecule has 0 aromatic carbocycles. The molecule has 0 heterocycles. The number of esters is 3. The lowest BCUT2D eigenvalue weighted by atomic mass is 9.43. The first-order valence-corrected chi connectivity index (χ1v) is 13.9. The number of fused-ring (bicyclic) bond motifs is 5. The van der Waals surface area contributed by atoms with Crippen LogP contribution in [0.25, 0.3) is 0 Å². The van der Waals surface area contributed by atoms with E-state index in [0.717, 1.165) is 38.5 Å². The van der Waals surface area contributed by atoms with Gasteiger partial charge in [-0.25, -0.2) is 0 Å². The molecule has 4 fully saturated rings. The van der Waals surface area contributed by atoms with Crippen LogP contribution in [-0.2, 0) is 33.4 Å². The second kappa shape index (κ2) is 10.1. The highest BCUT2D eigenvalue weighted by atomic mass is 16.5. The summed E-state index contributed by atoms with van der Waals surface area (Å²) in [6.45, 7) is 9.69. The second-order valence-electron chi connectivity index (χ2n) is 12.6.